The highest BCUT2D eigenvalue weighted by atomic mass is 19.3. The molecule has 6 aromatic rings. The standard InChI is InChI=1S/C21H19FN2O3.2C20H16F2N2O4.CH4/c1-21(2,22)13-5-3-12(4-6-13)15-9-17(24-20(25)18-11-27-18)16(10-23)14-7-8-26-19(14)15;2*1-20(21,22)28-12-4-2-11(3-5-12)14-8-16(24-19(25)17-10-27-17)15(9-23)13-6-7-26-18(13)14;/h3-6,9,18H,7-8,11H2,1-2H3,(H,24,25);2*2-5,8,17H,6-7,10H2,1H3,(H,24,25);1H4/t18-;2*17-;/m110./s1. The molecular formula is C62H55F5N6O11. The molecule has 3 amide bonds. The fraction of sp³-hybridized carbons (Fsp3) is 0.323. The number of ether oxygens (including phenoxy) is 8. The zero-order valence-electron chi connectivity index (χ0n) is 45.0. The lowest BCUT2D eigenvalue weighted by Crippen LogP contribution is -2.19. The number of amides is 3. The number of alkyl halides is 5. The van der Waals surface area contributed by atoms with E-state index in [0.29, 0.717) is 163 Å². The summed E-state index contributed by atoms with van der Waals surface area (Å²) in [7, 11) is 0. The molecule has 0 aromatic heterocycles. The van der Waals surface area contributed by atoms with Crippen LogP contribution in [0.25, 0.3) is 33.4 Å². The maximum atomic E-state index is 14.1. The van der Waals surface area contributed by atoms with E-state index in [0.717, 1.165) is 16.7 Å². The average Bonchev–Trinajstić information content (AvgIpc) is 2.99. The quantitative estimate of drug-likeness (QED) is 0.0679. The monoisotopic (exact) mass is 1150 g/mol. The summed E-state index contributed by atoms with van der Waals surface area (Å²) in [4.78, 5) is 36.3. The topological polar surface area (TPSA) is 242 Å². The van der Waals surface area contributed by atoms with E-state index in [-0.39, 0.29) is 36.6 Å². The van der Waals surface area contributed by atoms with Crippen molar-refractivity contribution >= 4 is 34.8 Å². The van der Waals surface area contributed by atoms with Crippen LogP contribution in [0.15, 0.2) is 91.0 Å². The van der Waals surface area contributed by atoms with Gasteiger partial charge in [-0.05, 0) is 78.6 Å². The van der Waals surface area contributed by atoms with Gasteiger partial charge >= 0.3 is 12.2 Å². The predicted molar refractivity (Wildman–Crippen MR) is 296 cm³/mol. The largest absolute Gasteiger partial charge is 0.492 e. The second kappa shape index (κ2) is 23.9. The number of carbonyl (C=O) groups excluding carboxylic acids is 3. The van der Waals surface area contributed by atoms with Crippen molar-refractivity contribution in [1.82, 2.24) is 0 Å². The number of fused-ring (bicyclic) bond motifs is 3. The summed E-state index contributed by atoms with van der Waals surface area (Å²) in [6.07, 6.45) is -6.31. The van der Waals surface area contributed by atoms with Crippen LogP contribution < -0.4 is 39.6 Å². The number of nitrogens with zero attached hydrogens (tertiary/aromatic N) is 3. The summed E-state index contributed by atoms with van der Waals surface area (Å²) in [5.41, 5.74) is 8.02. The molecule has 84 heavy (non-hydrogen) atoms. The number of hydrogen-bond donors (Lipinski definition) is 3. The van der Waals surface area contributed by atoms with Gasteiger partial charge in [0.15, 0.2) is 18.3 Å². The summed E-state index contributed by atoms with van der Waals surface area (Å²) in [6.45, 7) is 6.80. The maximum absolute atomic E-state index is 14.1. The average molecular weight is 1160 g/mol. The summed E-state index contributed by atoms with van der Waals surface area (Å²) >= 11 is 0. The van der Waals surface area contributed by atoms with E-state index in [2.05, 4.69) is 43.6 Å². The van der Waals surface area contributed by atoms with Gasteiger partial charge in [-0.2, -0.15) is 33.3 Å². The minimum absolute atomic E-state index is 0. The van der Waals surface area contributed by atoms with Gasteiger partial charge in [-0.15, -0.1) is 0 Å². The van der Waals surface area contributed by atoms with Crippen molar-refractivity contribution in [2.24, 2.45) is 0 Å². The lowest BCUT2D eigenvalue weighted by Gasteiger charge is -2.17. The van der Waals surface area contributed by atoms with Crippen molar-refractivity contribution in [3.8, 4) is 80.3 Å². The van der Waals surface area contributed by atoms with Gasteiger partial charge in [0, 0.05) is 66.5 Å². The fourth-order valence-electron chi connectivity index (χ4n) is 9.56. The molecule has 6 aliphatic heterocycles. The molecular weight excluding hydrogens is 1100 g/mol. The van der Waals surface area contributed by atoms with Crippen molar-refractivity contribution in [3.63, 3.8) is 0 Å². The number of benzene rings is 6. The highest BCUT2D eigenvalue weighted by Crippen LogP contribution is 2.46. The van der Waals surface area contributed by atoms with Gasteiger partial charge < -0.3 is 53.8 Å². The van der Waals surface area contributed by atoms with Crippen LogP contribution in [0, 0.1) is 34.0 Å². The van der Waals surface area contributed by atoms with Crippen molar-refractivity contribution in [3.05, 3.63) is 130 Å². The van der Waals surface area contributed by atoms with E-state index < -0.39 is 36.2 Å². The number of rotatable bonds is 14. The molecule has 6 heterocycles. The number of carbonyl (C=O) groups is 3. The molecule has 3 N–H and O–H groups in total. The number of halogens is 5. The summed E-state index contributed by atoms with van der Waals surface area (Å²) in [5, 5.41) is 37.0. The number of nitriles is 3. The maximum Gasteiger partial charge on any atom is 0.394 e. The van der Waals surface area contributed by atoms with Crippen molar-refractivity contribution in [1.29, 1.82) is 15.8 Å². The van der Waals surface area contributed by atoms with Gasteiger partial charge in [0.05, 0.1) is 73.4 Å². The van der Waals surface area contributed by atoms with Gasteiger partial charge in [0.2, 0.25) is 0 Å². The molecule has 0 radical (unpaired) electrons. The molecule has 0 bridgehead atoms. The Morgan fingerprint density at radius 2 is 0.762 bits per heavy atom. The minimum Gasteiger partial charge on any atom is -0.492 e. The molecule has 3 atom stereocenters. The van der Waals surface area contributed by atoms with Crippen LogP contribution in [0.5, 0.6) is 28.7 Å². The first-order chi connectivity index (χ1) is 39.6. The lowest BCUT2D eigenvalue weighted by atomic mass is 9.93. The summed E-state index contributed by atoms with van der Waals surface area (Å²) in [5.74, 6) is 0.956. The molecule has 0 spiro atoms. The molecule has 434 valence electrons. The Hall–Kier alpha value is -9.27. The van der Waals surface area contributed by atoms with Crippen molar-refractivity contribution in [2.75, 3.05) is 55.6 Å². The Kier molecular flexibility index (Phi) is 16.9. The molecule has 3 fully saturated rings. The highest BCUT2D eigenvalue weighted by Gasteiger charge is 2.36. The Labute approximate surface area is 479 Å². The van der Waals surface area contributed by atoms with Gasteiger partial charge in [-0.1, -0.05) is 56.0 Å². The molecule has 3 saturated heterocycles. The number of epoxide rings is 3. The predicted octanol–water partition coefficient (Wildman–Crippen LogP) is 11.3. The molecule has 12 rings (SSSR count). The van der Waals surface area contributed by atoms with Crippen LogP contribution in [0.4, 0.5) is 39.0 Å². The van der Waals surface area contributed by atoms with Gasteiger partial charge in [0.1, 0.15) is 52.6 Å². The van der Waals surface area contributed by atoms with Crippen LogP contribution in [-0.4, -0.2) is 87.9 Å². The molecule has 17 nitrogen and oxygen atoms in total. The molecule has 0 aliphatic carbocycles. The highest BCUT2D eigenvalue weighted by molar-refractivity contribution is 6.00. The van der Waals surface area contributed by atoms with E-state index >= 15 is 0 Å². The van der Waals surface area contributed by atoms with E-state index in [9.17, 15) is 52.1 Å². The third kappa shape index (κ3) is 13.6. The smallest absolute Gasteiger partial charge is 0.394 e. The third-order valence-electron chi connectivity index (χ3n) is 13.7. The molecule has 6 aromatic carbocycles. The number of anilines is 3. The van der Waals surface area contributed by atoms with E-state index in [4.69, 9.17) is 28.4 Å². The summed E-state index contributed by atoms with van der Waals surface area (Å²) in [6, 6.07) is 30.9. The Balaban J connectivity index is 0.000000150. The van der Waals surface area contributed by atoms with Crippen LogP contribution in [0.3, 0.4) is 0 Å². The normalized spacial score (nSPS) is 17.2. The first-order valence-corrected chi connectivity index (χ1v) is 26.2. The molecule has 22 heteroatoms. The first-order valence-electron chi connectivity index (χ1n) is 26.2. The van der Waals surface area contributed by atoms with E-state index in [1.54, 1.807) is 54.6 Å². The SMILES string of the molecule is C.CC(C)(F)c1ccc(-c2cc(NC(=O)[C@H]3CO3)c(C#N)c3c2OCC3)cc1.CC(F)(F)Oc1ccc(-c2cc(NC(=O)[C@@H]3CO3)c(C#N)c3c2OCC3)cc1.CC(F)(F)Oc1ccc(-c2cc(NC(=O)[C@H]3CO3)c(C#N)c3c2OCC3)cc1. The molecule has 6 aliphatic rings. The Morgan fingerprint density at radius 3 is 1.00 bits per heavy atom. The van der Waals surface area contributed by atoms with E-state index in [1.165, 1.54) is 38.1 Å². The molecule has 0 unspecified atom stereocenters. The van der Waals surface area contributed by atoms with Gasteiger partial charge in [-0.25, -0.2) is 4.39 Å². The van der Waals surface area contributed by atoms with E-state index in [1.807, 2.05) is 12.1 Å². The summed E-state index contributed by atoms with van der Waals surface area (Å²) < 4.78 is 108. The van der Waals surface area contributed by atoms with Gasteiger partial charge in [0.25, 0.3) is 17.7 Å². The Morgan fingerprint density at radius 1 is 0.488 bits per heavy atom. The zero-order chi connectivity index (χ0) is 59.0. The third-order valence-corrected chi connectivity index (χ3v) is 13.7. The fourth-order valence-corrected chi connectivity index (χ4v) is 9.56. The van der Waals surface area contributed by atoms with Crippen molar-refractivity contribution < 1.29 is 74.2 Å². The Bertz CT molecular complexity index is 3500. The zero-order valence-corrected chi connectivity index (χ0v) is 45.0. The number of hydrogen-bond acceptors (Lipinski definition) is 14. The van der Waals surface area contributed by atoms with Crippen molar-refractivity contribution in [2.45, 2.75) is 90.6 Å². The lowest BCUT2D eigenvalue weighted by molar-refractivity contribution is -0.159. The second-order valence-corrected chi connectivity index (χ2v) is 20.4. The first kappa shape index (κ1) is 59.4. The van der Waals surface area contributed by atoms with Crippen LogP contribution in [0.1, 0.15) is 74.1 Å². The van der Waals surface area contributed by atoms with Gasteiger partial charge in [-0.3, -0.25) is 14.4 Å². The second-order valence-electron chi connectivity index (χ2n) is 20.4. The van der Waals surface area contributed by atoms with Crippen LogP contribution in [-0.2, 0) is 53.5 Å². The minimum atomic E-state index is -3.28. The molecule has 0 saturated carbocycles. The van der Waals surface area contributed by atoms with Crippen LogP contribution >= 0.6 is 0 Å². The van der Waals surface area contributed by atoms with Crippen LogP contribution in [0.2, 0.25) is 0 Å². The number of nitrogens with one attached hydrogen (secondary N) is 3.